The molecule has 42 heavy (non-hydrogen) atoms. The molecule has 0 atom stereocenters. The van der Waals surface area contributed by atoms with Crippen LogP contribution in [0.15, 0.2) is 53.7 Å². The topological polar surface area (TPSA) is 162 Å². The molecule has 0 spiro atoms. The monoisotopic (exact) mass is 612 g/mol. The molecule has 13 heteroatoms. The summed E-state index contributed by atoms with van der Waals surface area (Å²) in [7, 11) is -3.98. The first-order chi connectivity index (χ1) is 19.8. The molecule has 0 aliphatic heterocycles. The number of hydrogen-bond donors (Lipinski definition) is 5. The summed E-state index contributed by atoms with van der Waals surface area (Å²) >= 11 is 1.48. The number of carboxylic acid groups (broad SMARTS) is 1. The Morgan fingerprint density at radius 3 is 2.36 bits per heavy atom. The van der Waals surface area contributed by atoms with E-state index in [-0.39, 0.29) is 22.4 Å². The molecule has 6 rings (SSSR count). The van der Waals surface area contributed by atoms with Gasteiger partial charge in [-0.15, -0.1) is 11.3 Å². The average Bonchev–Trinajstić information content (AvgIpc) is 3.43. The standard InChI is InChI=1S/C29H36N6O5S2/c1-27(2,3)35-42(39,40)23-16-19(33-25(36)32-17-20-6-4-5-15-30-20)7-8-21(23)22-18-31-24(41-22)28-9-12-29(13-10-28,14-11-28)34-26(37)38/h4-8,15-16,18,34-35H,9-14,17H2,1-3H3,(H,37,38)(H2,32,33,36). The Hall–Kier alpha value is -3.55. The summed E-state index contributed by atoms with van der Waals surface area (Å²) in [6, 6.07) is 9.78. The number of nitrogens with zero attached hydrogens (tertiary/aromatic N) is 2. The second-order valence-electron chi connectivity index (χ2n) is 12.2. The van der Waals surface area contributed by atoms with Crippen molar-refractivity contribution in [3.05, 3.63) is 59.5 Å². The third-order valence-corrected chi connectivity index (χ3v) is 11.0. The molecule has 1 aromatic carbocycles. The third-order valence-electron chi connectivity index (χ3n) is 7.97. The minimum absolute atomic E-state index is 0.0459. The smallest absolute Gasteiger partial charge is 0.405 e. The molecule has 224 valence electrons. The number of thiazole rings is 1. The first-order valence-corrected chi connectivity index (χ1v) is 16.2. The zero-order valence-electron chi connectivity index (χ0n) is 23.9. The van der Waals surface area contributed by atoms with Gasteiger partial charge in [-0.05, 0) is 83.6 Å². The molecule has 0 saturated heterocycles. The molecule has 3 saturated carbocycles. The number of amides is 3. The summed E-state index contributed by atoms with van der Waals surface area (Å²) in [4.78, 5) is 33.6. The van der Waals surface area contributed by atoms with Gasteiger partial charge < -0.3 is 21.1 Å². The molecule has 3 amide bonds. The van der Waals surface area contributed by atoms with Crippen molar-refractivity contribution in [1.29, 1.82) is 0 Å². The van der Waals surface area contributed by atoms with Gasteiger partial charge in [0, 0.05) is 40.1 Å². The Morgan fingerprint density at radius 2 is 1.74 bits per heavy atom. The van der Waals surface area contributed by atoms with Crippen molar-refractivity contribution in [3.8, 4) is 10.4 Å². The van der Waals surface area contributed by atoms with Crippen molar-refractivity contribution >= 4 is 39.2 Å². The lowest BCUT2D eigenvalue weighted by Gasteiger charge is -2.52. The fourth-order valence-corrected chi connectivity index (χ4v) is 8.86. The van der Waals surface area contributed by atoms with Gasteiger partial charge in [-0.1, -0.05) is 12.1 Å². The van der Waals surface area contributed by atoms with Crippen LogP contribution < -0.4 is 20.7 Å². The van der Waals surface area contributed by atoms with Gasteiger partial charge >= 0.3 is 12.1 Å². The van der Waals surface area contributed by atoms with E-state index in [0.29, 0.717) is 21.8 Å². The number of rotatable bonds is 8. The quantitative estimate of drug-likeness (QED) is 0.233. The van der Waals surface area contributed by atoms with Gasteiger partial charge in [0.05, 0.1) is 27.0 Å². The zero-order chi connectivity index (χ0) is 30.2. The minimum Gasteiger partial charge on any atom is -0.465 e. The largest absolute Gasteiger partial charge is 0.465 e. The van der Waals surface area contributed by atoms with Crippen LogP contribution in [0.4, 0.5) is 15.3 Å². The number of hydrogen-bond acceptors (Lipinski definition) is 7. The summed E-state index contributed by atoms with van der Waals surface area (Å²) in [5.74, 6) is 0. The van der Waals surface area contributed by atoms with Crippen LogP contribution in [0.25, 0.3) is 10.4 Å². The number of nitrogens with one attached hydrogen (secondary N) is 4. The van der Waals surface area contributed by atoms with Crippen molar-refractivity contribution in [2.24, 2.45) is 0 Å². The molecule has 3 aliphatic carbocycles. The molecule has 3 aromatic rings. The van der Waals surface area contributed by atoms with E-state index in [0.717, 1.165) is 43.5 Å². The van der Waals surface area contributed by atoms with Crippen molar-refractivity contribution in [2.75, 3.05) is 5.32 Å². The van der Waals surface area contributed by atoms with Gasteiger partial charge in [-0.3, -0.25) is 4.98 Å². The van der Waals surface area contributed by atoms with Gasteiger partial charge in [-0.25, -0.2) is 27.7 Å². The molecular weight excluding hydrogens is 576 g/mol. The van der Waals surface area contributed by atoms with Gasteiger partial charge in [0.1, 0.15) is 0 Å². The fourth-order valence-electron chi connectivity index (χ4n) is 5.90. The maximum absolute atomic E-state index is 13.6. The lowest BCUT2D eigenvalue weighted by Crippen LogP contribution is -2.57. The highest BCUT2D eigenvalue weighted by Gasteiger charge is 2.51. The highest BCUT2D eigenvalue weighted by Crippen LogP contribution is 2.55. The first-order valence-electron chi connectivity index (χ1n) is 13.9. The Kier molecular flexibility index (Phi) is 8.03. The Morgan fingerprint density at radius 1 is 1.02 bits per heavy atom. The van der Waals surface area contributed by atoms with Gasteiger partial charge in [0.15, 0.2) is 0 Å². The van der Waals surface area contributed by atoms with Crippen LogP contribution in [0.3, 0.4) is 0 Å². The van der Waals surface area contributed by atoms with E-state index >= 15 is 0 Å². The van der Waals surface area contributed by atoms with E-state index in [2.05, 4.69) is 25.7 Å². The van der Waals surface area contributed by atoms with Gasteiger partial charge in [0.2, 0.25) is 10.0 Å². The molecule has 0 unspecified atom stereocenters. The highest BCUT2D eigenvalue weighted by atomic mass is 32.2. The number of anilines is 1. The number of sulfonamides is 1. The number of benzene rings is 1. The molecule has 2 heterocycles. The number of carbonyl (C=O) groups is 2. The van der Waals surface area contributed by atoms with Crippen molar-refractivity contribution in [1.82, 2.24) is 25.3 Å². The van der Waals surface area contributed by atoms with Crippen LogP contribution in [-0.2, 0) is 22.0 Å². The van der Waals surface area contributed by atoms with Crippen LogP contribution >= 0.6 is 11.3 Å². The SMILES string of the molecule is CC(C)(C)NS(=O)(=O)c1cc(NC(=O)NCc2ccccn2)ccc1-c1cnc(C23CCC(NC(=O)O)(CC2)CC3)s1. The van der Waals surface area contributed by atoms with Gasteiger partial charge in [0.25, 0.3) is 0 Å². The summed E-state index contributed by atoms with van der Waals surface area (Å²) in [5.41, 5.74) is 0.302. The normalized spacial score (nSPS) is 22.0. The number of pyridine rings is 1. The lowest BCUT2D eigenvalue weighted by molar-refractivity contribution is 0.0746. The van der Waals surface area contributed by atoms with Crippen LogP contribution in [0.5, 0.6) is 0 Å². The van der Waals surface area contributed by atoms with E-state index in [1.807, 2.05) is 6.07 Å². The van der Waals surface area contributed by atoms with E-state index < -0.39 is 27.7 Å². The van der Waals surface area contributed by atoms with Crippen LogP contribution in [0.1, 0.15) is 70.0 Å². The predicted molar refractivity (Wildman–Crippen MR) is 161 cm³/mol. The zero-order valence-corrected chi connectivity index (χ0v) is 25.5. The summed E-state index contributed by atoms with van der Waals surface area (Å²) in [6.45, 7) is 5.53. The molecule has 3 aliphatic rings. The predicted octanol–water partition coefficient (Wildman–Crippen LogP) is 5.22. The number of carbonyl (C=O) groups excluding carboxylic acids is 1. The summed E-state index contributed by atoms with van der Waals surface area (Å²) < 4.78 is 30.0. The maximum atomic E-state index is 13.6. The second-order valence-corrected chi connectivity index (χ2v) is 14.9. The van der Waals surface area contributed by atoms with Crippen LogP contribution in [0, 0.1) is 0 Å². The Bertz CT molecular complexity index is 1560. The first kappa shape index (κ1) is 29.9. The number of fused-ring (bicyclic) bond motifs is 3. The van der Waals surface area contributed by atoms with Gasteiger partial charge in [-0.2, -0.15) is 0 Å². The van der Waals surface area contributed by atoms with Crippen molar-refractivity contribution < 1.29 is 23.1 Å². The fraction of sp³-hybridized carbons (Fsp3) is 0.448. The Balaban J connectivity index is 1.40. The maximum Gasteiger partial charge on any atom is 0.405 e. The molecule has 2 aromatic heterocycles. The van der Waals surface area contributed by atoms with E-state index in [9.17, 15) is 23.1 Å². The molecule has 5 N–H and O–H groups in total. The van der Waals surface area contributed by atoms with E-state index in [1.165, 1.54) is 17.4 Å². The summed E-state index contributed by atoms with van der Waals surface area (Å²) in [5, 5.41) is 18.5. The number of urea groups is 1. The Labute approximate surface area is 249 Å². The van der Waals surface area contributed by atoms with Crippen molar-refractivity contribution in [3.63, 3.8) is 0 Å². The van der Waals surface area contributed by atoms with Crippen LogP contribution in [0.2, 0.25) is 0 Å². The minimum atomic E-state index is -3.98. The third kappa shape index (κ3) is 6.58. The molecule has 2 bridgehead atoms. The number of aromatic nitrogens is 2. The molecule has 0 radical (unpaired) electrons. The highest BCUT2D eigenvalue weighted by molar-refractivity contribution is 7.89. The van der Waals surface area contributed by atoms with E-state index in [4.69, 9.17) is 4.98 Å². The van der Waals surface area contributed by atoms with E-state index in [1.54, 1.807) is 57.4 Å². The van der Waals surface area contributed by atoms with Crippen LogP contribution in [-0.4, -0.2) is 46.7 Å². The average molecular weight is 613 g/mol. The molecule has 3 fully saturated rings. The summed E-state index contributed by atoms with van der Waals surface area (Å²) in [6.07, 6.45) is 7.13. The molecular formula is C29H36N6O5S2. The molecule has 11 nitrogen and oxygen atoms in total. The second kappa shape index (κ2) is 11.3. The lowest BCUT2D eigenvalue weighted by atomic mass is 9.57. The van der Waals surface area contributed by atoms with Crippen molar-refractivity contribution in [2.45, 2.75) is 87.2 Å².